The largest absolute Gasteiger partial charge is 1.00 e. The molecule has 0 unspecified atom stereocenters. The molecule has 3 nitrogen and oxygen atoms in total. The Hall–Kier alpha value is -2.14. The number of benzene rings is 4. The van der Waals surface area contributed by atoms with Gasteiger partial charge in [0.2, 0.25) is 0 Å². The molecule has 0 aromatic heterocycles. The van der Waals surface area contributed by atoms with Crippen LogP contribution >= 0.6 is 10.2 Å². The summed E-state index contributed by atoms with van der Waals surface area (Å²) in [7, 11) is -13.3. The number of halogens is 5. The molecule has 0 aliphatic heterocycles. The molecule has 4 aromatic carbocycles. The van der Waals surface area contributed by atoms with Crippen LogP contribution in [0.5, 0.6) is 5.75 Å². The van der Waals surface area contributed by atoms with Gasteiger partial charge in [-0.25, -0.2) is 0 Å². The summed E-state index contributed by atoms with van der Waals surface area (Å²) in [5.41, 5.74) is -2.48. The fraction of sp³-hybridized carbons (Fsp3) is 0. The zero-order chi connectivity index (χ0) is 24.6. The maximum absolute atomic E-state index is 14.8. The van der Waals surface area contributed by atoms with Crippen LogP contribution in [-0.4, -0.2) is 7.32 Å². The average Bonchev–Trinajstić information content (AvgIpc) is 2.78. The van der Waals surface area contributed by atoms with Crippen LogP contribution in [0.3, 0.4) is 0 Å². The second kappa shape index (κ2) is 10.3. The van der Waals surface area contributed by atoms with E-state index in [4.69, 9.17) is 4.65 Å². The van der Waals surface area contributed by atoms with E-state index in [0.29, 0.717) is 6.07 Å². The van der Waals surface area contributed by atoms with Gasteiger partial charge in [0.25, 0.3) is 0 Å². The molecule has 0 spiro atoms. The predicted octanol–water partition coefficient (Wildman–Crippen LogP) is 0.437. The molecule has 176 valence electrons. The summed E-state index contributed by atoms with van der Waals surface area (Å²) >= 11 is 0. The molecule has 0 N–H and O–H groups in total. The Labute approximate surface area is 229 Å². The molecule has 0 saturated heterocycles. The van der Waals surface area contributed by atoms with Gasteiger partial charge in [-0.2, -0.15) is 0 Å². The van der Waals surface area contributed by atoms with Gasteiger partial charge < -0.3 is 14.7 Å². The average molecular weight is 504 g/mol. The molecular formula is C24H16BF5Li2O3S. The van der Waals surface area contributed by atoms with E-state index in [0.717, 1.165) is 0 Å². The van der Waals surface area contributed by atoms with Crippen molar-refractivity contribution in [3.63, 3.8) is 0 Å². The third-order valence-corrected chi connectivity index (χ3v) is 6.26. The van der Waals surface area contributed by atoms with Gasteiger partial charge in [-0.1, -0.05) is 110 Å². The van der Waals surface area contributed by atoms with Crippen molar-refractivity contribution in [2.24, 2.45) is 0 Å². The molecule has 0 radical (unpaired) electrons. The first-order chi connectivity index (χ1) is 15.8. The Morgan fingerprint density at radius 2 is 0.972 bits per heavy atom. The van der Waals surface area contributed by atoms with Crippen molar-refractivity contribution in [1.29, 1.82) is 0 Å². The van der Waals surface area contributed by atoms with Crippen molar-refractivity contribution >= 4 is 17.5 Å². The first kappa shape index (κ1) is 30.1. The predicted molar refractivity (Wildman–Crippen MR) is 121 cm³/mol. The topological polar surface area (TPSA) is 55.3 Å². The molecule has 12 heteroatoms. The summed E-state index contributed by atoms with van der Waals surface area (Å²) < 4.78 is 78.7. The summed E-state index contributed by atoms with van der Waals surface area (Å²) in [4.78, 5) is -2.11. The van der Waals surface area contributed by atoms with E-state index in [9.17, 15) is 29.5 Å². The Morgan fingerprint density at radius 3 is 1.36 bits per heavy atom. The van der Waals surface area contributed by atoms with Crippen LogP contribution in [0.4, 0.5) is 19.4 Å². The number of rotatable bonds is 6. The Balaban J connectivity index is 0.00000228. The van der Waals surface area contributed by atoms with Crippen molar-refractivity contribution in [2.45, 2.75) is 4.90 Å². The van der Waals surface area contributed by atoms with Crippen LogP contribution in [0, 0.1) is 0 Å². The van der Waals surface area contributed by atoms with E-state index >= 15 is 0 Å². The van der Waals surface area contributed by atoms with Gasteiger partial charge in [-0.15, -0.1) is 0 Å². The van der Waals surface area contributed by atoms with E-state index in [1.807, 2.05) is 0 Å². The van der Waals surface area contributed by atoms with Gasteiger partial charge in [0.05, 0.1) is 0 Å². The maximum atomic E-state index is 14.8. The summed E-state index contributed by atoms with van der Waals surface area (Å²) in [5, 5.41) is 22.9. The Kier molecular flexibility index (Phi) is 8.62. The second-order valence-corrected chi connectivity index (χ2v) is 9.82. The fourth-order valence-corrected chi connectivity index (χ4v) is 5.04. The van der Waals surface area contributed by atoms with Crippen molar-refractivity contribution < 1.29 is 71.9 Å². The quantitative estimate of drug-likeness (QED) is 0.283. The number of hydrogen-bond acceptors (Lipinski definition) is 3. The van der Waals surface area contributed by atoms with Gasteiger partial charge in [0, 0.05) is 16.7 Å². The van der Waals surface area contributed by atoms with E-state index in [2.05, 4.69) is 0 Å². The van der Waals surface area contributed by atoms with Crippen molar-refractivity contribution in [3.8, 4) is 39.1 Å². The molecular weight excluding hydrogens is 488 g/mol. The van der Waals surface area contributed by atoms with Gasteiger partial charge >= 0.3 is 47.9 Å². The van der Waals surface area contributed by atoms with E-state index in [1.54, 1.807) is 6.07 Å². The van der Waals surface area contributed by atoms with Crippen LogP contribution in [0.1, 0.15) is 0 Å². The molecule has 0 aliphatic rings. The van der Waals surface area contributed by atoms with Crippen LogP contribution < -0.4 is 52.4 Å². The molecule has 36 heavy (non-hydrogen) atoms. The standard InChI is InChI=1S/C24H16BF5O3S.2Li/c26-34(27,28,29,30)24-20(17-10-4-1-5-11-17)16-21(33-25(31)32)22(18-12-6-2-7-13-18)23(24)19-14-8-3-9-15-19;;/h1-16H;;/q-2;2*+1. The third kappa shape index (κ3) is 6.59. The molecule has 0 fully saturated rings. The minimum atomic E-state index is -10.4. The zero-order valence-electron chi connectivity index (χ0n) is 19.3. The van der Waals surface area contributed by atoms with Gasteiger partial charge in [-0.05, 0) is 22.8 Å². The minimum absolute atomic E-state index is 0. The van der Waals surface area contributed by atoms with Crippen LogP contribution in [-0.2, 0) is 0 Å². The molecule has 0 atom stereocenters. The van der Waals surface area contributed by atoms with Gasteiger partial charge in [0.1, 0.15) is 18.0 Å². The molecule has 0 bridgehead atoms. The first-order valence-electron chi connectivity index (χ1n) is 9.95. The molecule has 0 amide bonds. The monoisotopic (exact) mass is 504 g/mol. The second-order valence-electron chi connectivity index (χ2n) is 7.47. The molecule has 0 heterocycles. The van der Waals surface area contributed by atoms with E-state index in [-0.39, 0.29) is 54.4 Å². The van der Waals surface area contributed by atoms with Crippen LogP contribution in [0.2, 0.25) is 0 Å². The summed E-state index contributed by atoms with van der Waals surface area (Å²) in [6.45, 7) is 0. The summed E-state index contributed by atoms with van der Waals surface area (Å²) in [5.74, 6) is -0.524. The molecule has 4 rings (SSSR count). The van der Waals surface area contributed by atoms with Crippen molar-refractivity contribution in [2.75, 3.05) is 0 Å². The maximum Gasteiger partial charge on any atom is 1.00 e. The normalized spacial score (nSPS) is 12.9. The molecule has 0 aliphatic carbocycles. The molecule has 0 saturated carbocycles. The smallest absolute Gasteiger partial charge is 0.860 e. The molecule has 4 aromatic rings. The first-order valence-corrected chi connectivity index (χ1v) is 11.9. The fourth-order valence-electron chi connectivity index (χ4n) is 3.84. The van der Waals surface area contributed by atoms with Crippen LogP contribution in [0.15, 0.2) is 102 Å². The van der Waals surface area contributed by atoms with Crippen molar-refractivity contribution in [3.05, 3.63) is 97.1 Å². The third-order valence-electron chi connectivity index (χ3n) is 5.06. The summed E-state index contributed by atoms with van der Waals surface area (Å²) in [6, 6.07) is 21.6. The minimum Gasteiger partial charge on any atom is -0.860 e. The Morgan fingerprint density at radius 1 is 0.583 bits per heavy atom. The Bertz CT molecular complexity index is 1330. The van der Waals surface area contributed by atoms with Gasteiger partial charge in [0.15, 0.2) is 0 Å². The van der Waals surface area contributed by atoms with E-state index < -0.39 is 44.9 Å². The summed E-state index contributed by atoms with van der Waals surface area (Å²) in [6.07, 6.45) is 0. The van der Waals surface area contributed by atoms with Crippen LogP contribution in [0.25, 0.3) is 33.4 Å². The van der Waals surface area contributed by atoms with Crippen molar-refractivity contribution in [1.82, 2.24) is 0 Å². The van der Waals surface area contributed by atoms with E-state index in [1.165, 1.54) is 84.9 Å². The zero-order valence-corrected chi connectivity index (χ0v) is 20.2. The SMILES string of the molecule is [Li+].[Li+].[O-]B([O-])Oc1cc(-c2ccccc2)c(S(F)(F)(F)(F)F)c(-c2ccccc2)c1-c1ccccc1. The number of hydrogen-bond donors (Lipinski definition) is 0. The van der Waals surface area contributed by atoms with Gasteiger partial charge in [-0.3, -0.25) is 0 Å².